The number of allylic oxidation sites excluding steroid dienone is 6. The molecule has 0 spiro atoms. The van der Waals surface area contributed by atoms with Gasteiger partial charge in [-0.15, -0.1) is 6.42 Å². The fraction of sp³-hybridized carbons (Fsp3) is 0.613. The average molecular weight is 1390 g/mol. The summed E-state index contributed by atoms with van der Waals surface area (Å²) in [4.78, 5) is 80.9. The van der Waals surface area contributed by atoms with Crippen LogP contribution in [0.5, 0.6) is 11.5 Å². The van der Waals surface area contributed by atoms with Crippen LogP contribution in [0.2, 0.25) is 0 Å². The van der Waals surface area contributed by atoms with Crippen LogP contribution in [0.1, 0.15) is 133 Å². The topological polar surface area (TPSA) is 279 Å². The number of aliphatic hydroxyl groups is 3. The number of ketones is 3. The van der Waals surface area contributed by atoms with E-state index in [-0.39, 0.29) is 88.0 Å². The van der Waals surface area contributed by atoms with E-state index in [0.717, 1.165) is 34.1 Å². The number of carbonyl (C=O) groups excluding carboxylic acids is 5. The Morgan fingerprint density at radius 2 is 1.54 bits per heavy atom. The molecule has 3 aromatic rings. The molecule has 98 heavy (non-hydrogen) atoms. The maximum absolute atomic E-state index is 14.5. The SMILES string of the molecule is C#Cc1cccc(Nc2ncnc3cc(OCCOC)c(OCCOC)cc23)c1.CO[C@H]1C[C@@H]2CC[C@@H](C)[C@@](O)(O2)C(=O)C(=O)N2CCCC[C@H]2C(=O)O[C@H]([C@H](C)C[C@@H]2CC[C@@H](OCCO)[C@H](OC)C2)CC(=O)[C@H](C)/C=C(/C)[C@@H](O)[C@@H](OC)C(=O)[C@H](C)C[C@H](C)\C=C/C=C\C=C/1C.[Cl-].[H+]. The van der Waals surface area contributed by atoms with Crippen molar-refractivity contribution in [1.82, 2.24) is 14.9 Å². The summed E-state index contributed by atoms with van der Waals surface area (Å²) in [5.74, 6) is -3.52. The number of terminal acetylenes is 1. The number of cyclic esters (lactones) is 1. The lowest BCUT2D eigenvalue weighted by Crippen LogP contribution is -3.00. The van der Waals surface area contributed by atoms with Crippen molar-refractivity contribution in [3.63, 3.8) is 0 Å². The lowest BCUT2D eigenvalue weighted by molar-refractivity contribution is -0.265. The van der Waals surface area contributed by atoms with Crippen molar-refractivity contribution in [2.45, 2.75) is 180 Å². The van der Waals surface area contributed by atoms with Gasteiger partial charge in [0.15, 0.2) is 17.3 Å². The minimum absolute atomic E-state index is 0. The number of methoxy groups -OCH3 is 5. The highest BCUT2D eigenvalue weighted by atomic mass is 35.5. The van der Waals surface area contributed by atoms with Gasteiger partial charge in [0.05, 0.1) is 56.4 Å². The summed E-state index contributed by atoms with van der Waals surface area (Å²) < 4.78 is 57.4. The summed E-state index contributed by atoms with van der Waals surface area (Å²) in [5, 5.41) is 36.9. The summed E-state index contributed by atoms with van der Waals surface area (Å²) in [6, 6.07) is 10.1. The van der Waals surface area contributed by atoms with E-state index >= 15 is 0 Å². The molecule has 4 heterocycles. The molecule has 1 amide bonds. The second-order valence-electron chi connectivity index (χ2n) is 26.2. The largest absolute Gasteiger partial charge is 1.00 e. The lowest BCUT2D eigenvalue weighted by Gasteiger charge is -2.42. The van der Waals surface area contributed by atoms with Gasteiger partial charge >= 0.3 is 7.40 Å². The fourth-order valence-corrected chi connectivity index (χ4v) is 13.2. The van der Waals surface area contributed by atoms with E-state index in [0.29, 0.717) is 107 Å². The number of ether oxygens (including phenoxy) is 10. The summed E-state index contributed by atoms with van der Waals surface area (Å²) in [7, 11) is 7.83. The molecule has 3 fully saturated rings. The maximum atomic E-state index is 14.5. The molecule has 15 atom stereocenters. The van der Waals surface area contributed by atoms with Crippen LogP contribution >= 0.6 is 0 Å². The third kappa shape index (κ3) is 23.3. The summed E-state index contributed by atoms with van der Waals surface area (Å²) in [5.41, 5.74) is 3.61. The van der Waals surface area contributed by atoms with Crippen molar-refractivity contribution in [1.29, 1.82) is 0 Å². The molecule has 22 nitrogen and oxygen atoms in total. The molecule has 0 radical (unpaired) electrons. The van der Waals surface area contributed by atoms with Gasteiger partial charge in [0, 0.05) is 95.4 Å². The highest BCUT2D eigenvalue weighted by Crippen LogP contribution is 2.39. The average Bonchev–Trinajstić information content (AvgIpc) is 0.802. The zero-order valence-electron chi connectivity index (χ0n) is 60.3. The Morgan fingerprint density at radius 1 is 0.816 bits per heavy atom. The van der Waals surface area contributed by atoms with E-state index in [4.69, 9.17) is 53.8 Å². The van der Waals surface area contributed by atoms with Crippen molar-refractivity contribution in [2.24, 2.45) is 35.5 Å². The number of Topliss-reactive ketones (excluding diaryl/α,β-unsaturated/α-hetero) is 3. The number of hydrogen-bond donors (Lipinski definition) is 4. The maximum Gasteiger partial charge on any atom is 1.00 e. The molecule has 2 saturated heterocycles. The highest BCUT2D eigenvalue weighted by molar-refractivity contribution is 6.39. The van der Waals surface area contributed by atoms with E-state index in [2.05, 4.69) is 21.2 Å². The zero-order valence-corrected chi connectivity index (χ0v) is 60.0. The van der Waals surface area contributed by atoms with Crippen molar-refractivity contribution < 1.29 is 100 Å². The first kappa shape index (κ1) is 82.2. The molecule has 4 N–H and O–H groups in total. The Balaban J connectivity index is 0.000000558. The number of aromatic nitrogens is 2. The van der Waals surface area contributed by atoms with Gasteiger partial charge in [-0.3, -0.25) is 19.2 Å². The minimum Gasteiger partial charge on any atom is -1.00 e. The number of hydrogen-bond acceptors (Lipinski definition) is 21. The van der Waals surface area contributed by atoms with Crippen LogP contribution in [0.15, 0.2) is 90.3 Å². The van der Waals surface area contributed by atoms with Gasteiger partial charge in [0.1, 0.15) is 55.5 Å². The second-order valence-corrected chi connectivity index (χ2v) is 26.2. The number of carbonyl (C=O) groups is 5. The first-order valence-corrected chi connectivity index (χ1v) is 34.1. The number of nitrogens with zero attached hydrogens (tertiary/aromatic N) is 3. The first-order valence-electron chi connectivity index (χ1n) is 34.1. The minimum atomic E-state index is -2.43. The molecule has 4 aliphatic rings. The van der Waals surface area contributed by atoms with Crippen LogP contribution < -0.4 is 27.2 Å². The van der Waals surface area contributed by atoms with Gasteiger partial charge in [-0.25, -0.2) is 14.8 Å². The van der Waals surface area contributed by atoms with E-state index in [1.165, 1.54) is 18.3 Å². The number of fused-ring (bicyclic) bond motifs is 4. The Kier molecular flexibility index (Phi) is 34.7. The second kappa shape index (κ2) is 41.3. The number of nitrogens with one attached hydrogen (secondary N) is 1. The van der Waals surface area contributed by atoms with Crippen LogP contribution in [0, 0.1) is 47.9 Å². The molecular weight excluding hydrogens is 1280 g/mol. The summed E-state index contributed by atoms with van der Waals surface area (Å²) >= 11 is 0. The van der Waals surface area contributed by atoms with Gasteiger partial charge < -0.3 is 85.3 Å². The van der Waals surface area contributed by atoms with Crippen LogP contribution in [0.4, 0.5) is 11.5 Å². The molecule has 1 aromatic heterocycles. The van der Waals surface area contributed by atoms with E-state index in [1.807, 2.05) is 94.5 Å². The molecule has 2 bridgehead atoms. The molecular formula is C75H107ClN4O18. The summed E-state index contributed by atoms with van der Waals surface area (Å²) in [6.45, 7) is 14.6. The number of aliphatic hydroxyl groups excluding tert-OH is 2. The van der Waals surface area contributed by atoms with Crippen LogP contribution in [0.25, 0.3) is 10.9 Å². The third-order valence-electron chi connectivity index (χ3n) is 19.0. The van der Waals surface area contributed by atoms with E-state index in [1.54, 1.807) is 55.3 Å². The van der Waals surface area contributed by atoms with Gasteiger partial charge in [-0.1, -0.05) is 83.1 Å². The van der Waals surface area contributed by atoms with Gasteiger partial charge in [-0.05, 0) is 131 Å². The van der Waals surface area contributed by atoms with Crippen molar-refractivity contribution in [3.05, 3.63) is 95.9 Å². The van der Waals surface area contributed by atoms with Crippen molar-refractivity contribution in [3.8, 4) is 23.8 Å². The Hall–Kier alpha value is -6.46. The van der Waals surface area contributed by atoms with Crippen molar-refractivity contribution >= 4 is 51.6 Å². The highest BCUT2D eigenvalue weighted by Gasteiger charge is 2.53. The third-order valence-corrected chi connectivity index (χ3v) is 19.0. The molecule has 542 valence electrons. The number of anilines is 2. The van der Waals surface area contributed by atoms with E-state index in [9.17, 15) is 39.3 Å². The van der Waals surface area contributed by atoms with Crippen LogP contribution in [0.3, 0.4) is 0 Å². The molecule has 7 rings (SSSR count). The Labute approximate surface area is 586 Å². The monoisotopic (exact) mass is 1390 g/mol. The number of benzene rings is 2. The number of esters is 1. The summed E-state index contributed by atoms with van der Waals surface area (Å²) in [6.07, 6.45) is 19.0. The number of piperidine rings is 1. The standard InChI is InChI=1S/C53H83NO14.C22H23N3O4.ClH/c1-32-16-12-11-13-17-33(2)44(63-8)30-40-21-19-38(7)53(62,68-40)50(59)51(60)54-23-15-14-18-41(54)52(61)67-45(35(4)28-39-20-22-43(66-25-24-55)46(29-39)64-9)31-42(56)34(3)27-37(6)48(58)49(65-10)47(57)36(5)26-32;1-4-16-6-5-7-17(12-16)25-22-18-13-20(28-10-8-26-2)21(29-11-9-27-3)14-19(18)23-15-24-22;/h11-13,16-17,27,32,34-36,38-41,43-46,48-49,55,58,62H,14-15,18-26,28-31H2,1-10H3;1,5-7,12-15H,8-11H2,2-3H3,(H,23,24,25);1H/b13-11-,16-12-,33-17-,37-27-;;/t32-,34-,35-,36-,38-,39+,40+,41+,43-,44+,45+,46-,48-,49+,53-;;/m1../s1. The van der Waals surface area contributed by atoms with E-state index < -0.39 is 77.8 Å². The van der Waals surface area contributed by atoms with Gasteiger partial charge in [-0.2, -0.15) is 0 Å². The van der Waals surface area contributed by atoms with Gasteiger partial charge in [0.25, 0.3) is 11.7 Å². The smallest absolute Gasteiger partial charge is 1.00 e. The first-order chi connectivity index (χ1) is 46.5. The molecule has 23 heteroatoms. The zero-order chi connectivity index (χ0) is 70.8. The molecule has 3 aliphatic heterocycles. The number of amides is 1. The normalized spacial score (nSPS) is 30.3. The number of rotatable bonds is 19. The molecule has 1 saturated carbocycles. The Morgan fingerprint density at radius 3 is 2.21 bits per heavy atom. The molecule has 2 aromatic carbocycles. The fourth-order valence-electron chi connectivity index (χ4n) is 13.2. The van der Waals surface area contributed by atoms with Crippen molar-refractivity contribution in [2.75, 3.05) is 87.1 Å². The molecule has 0 unspecified atom stereocenters. The quantitative estimate of drug-likeness (QED) is 0.0319. The number of halogens is 1. The van der Waals surface area contributed by atoms with Crippen LogP contribution in [-0.2, 0) is 61.9 Å². The predicted molar refractivity (Wildman–Crippen MR) is 369 cm³/mol. The predicted octanol–water partition coefficient (Wildman–Crippen LogP) is 6.72. The Bertz CT molecular complexity index is 3230. The lowest BCUT2D eigenvalue weighted by atomic mass is 9.78. The van der Waals surface area contributed by atoms with Gasteiger partial charge in [0.2, 0.25) is 5.79 Å². The molecule has 1 aliphatic carbocycles. The van der Waals surface area contributed by atoms with Crippen LogP contribution in [-0.4, -0.2) is 196 Å².